The molecule has 2 aromatic carbocycles. The lowest BCUT2D eigenvalue weighted by atomic mass is 10.2. The van der Waals surface area contributed by atoms with Crippen LogP contribution in [0.15, 0.2) is 47.4 Å². The summed E-state index contributed by atoms with van der Waals surface area (Å²) in [6.45, 7) is 3.97. The minimum Gasteiger partial charge on any atom is -0.352 e. The Kier molecular flexibility index (Phi) is 6.80. The molecule has 7 nitrogen and oxygen atoms in total. The summed E-state index contributed by atoms with van der Waals surface area (Å²) in [6, 6.07) is 11.8. The van der Waals surface area contributed by atoms with E-state index in [4.69, 9.17) is 11.6 Å². The molecule has 160 valence electrons. The molecule has 0 unspecified atom stereocenters. The maximum atomic E-state index is 12.7. The maximum absolute atomic E-state index is 12.7. The number of halogens is 1. The van der Waals surface area contributed by atoms with E-state index in [2.05, 4.69) is 15.3 Å². The van der Waals surface area contributed by atoms with Gasteiger partial charge >= 0.3 is 0 Å². The Morgan fingerprint density at radius 1 is 1.23 bits per heavy atom. The van der Waals surface area contributed by atoms with E-state index in [1.165, 1.54) is 29.6 Å². The van der Waals surface area contributed by atoms with Crippen molar-refractivity contribution in [1.82, 2.24) is 19.6 Å². The van der Waals surface area contributed by atoms with Crippen LogP contribution in [-0.4, -0.2) is 48.2 Å². The molecule has 3 aromatic rings. The van der Waals surface area contributed by atoms with Gasteiger partial charge in [0.05, 0.1) is 26.5 Å². The molecule has 0 atom stereocenters. The number of H-pyrrole nitrogens is 1. The second-order valence-electron chi connectivity index (χ2n) is 7.32. The number of hydrogen-bond donors (Lipinski definition) is 2. The smallest absolute Gasteiger partial charge is 0.252 e. The number of aryl methyl sites for hydroxylation is 1. The molecule has 2 N–H and O–H groups in total. The van der Waals surface area contributed by atoms with Gasteiger partial charge in [0.2, 0.25) is 10.0 Å². The lowest BCUT2D eigenvalue weighted by Gasteiger charge is -2.21. The molecule has 9 heteroatoms. The van der Waals surface area contributed by atoms with Crippen LogP contribution in [0.1, 0.15) is 36.5 Å². The van der Waals surface area contributed by atoms with Gasteiger partial charge in [0.1, 0.15) is 5.82 Å². The van der Waals surface area contributed by atoms with Crippen molar-refractivity contribution in [2.45, 2.75) is 37.6 Å². The Bertz CT molecular complexity index is 1130. The van der Waals surface area contributed by atoms with Crippen molar-refractivity contribution >= 4 is 38.6 Å². The van der Waals surface area contributed by atoms with Gasteiger partial charge in [0.15, 0.2) is 0 Å². The van der Waals surface area contributed by atoms with Gasteiger partial charge in [-0.2, -0.15) is 4.31 Å². The third-order valence-corrected chi connectivity index (χ3v) is 7.26. The van der Waals surface area contributed by atoms with Gasteiger partial charge in [-0.15, -0.1) is 0 Å². The normalized spacial score (nSPS) is 12.1. The molecule has 30 heavy (non-hydrogen) atoms. The van der Waals surface area contributed by atoms with Gasteiger partial charge in [-0.3, -0.25) is 4.79 Å². The molecule has 0 aliphatic heterocycles. The molecule has 0 radical (unpaired) electrons. The minimum absolute atomic E-state index is 0.0375. The van der Waals surface area contributed by atoms with Crippen LogP contribution in [0.2, 0.25) is 5.02 Å². The summed E-state index contributed by atoms with van der Waals surface area (Å²) in [7, 11) is -2.20. The SMILES string of the molecule is CC(C)N(C)S(=O)(=O)c1ccc(Cl)c(C(=O)NCCCc2nc3ccccc3[nH]2)c1. The zero-order valence-electron chi connectivity index (χ0n) is 17.1. The second kappa shape index (κ2) is 9.16. The number of sulfonamides is 1. The van der Waals surface area contributed by atoms with Crippen LogP contribution in [0.25, 0.3) is 11.0 Å². The fourth-order valence-corrected chi connectivity index (χ4v) is 4.56. The van der Waals surface area contributed by atoms with E-state index in [0.29, 0.717) is 19.4 Å². The predicted molar refractivity (Wildman–Crippen MR) is 118 cm³/mol. The average molecular weight is 449 g/mol. The number of aromatic amines is 1. The Balaban J connectivity index is 1.63. The van der Waals surface area contributed by atoms with E-state index in [9.17, 15) is 13.2 Å². The molecule has 0 fully saturated rings. The van der Waals surface area contributed by atoms with Crippen molar-refractivity contribution in [3.05, 3.63) is 58.9 Å². The van der Waals surface area contributed by atoms with E-state index < -0.39 is 15.9 Å². The van der Waals surface area contributed by atoms with Crippen molar-refractivity contribution in [1.29, 1.82) is 0 Å². The number of rotatable bonds is 8. The lowest BCUT2D eigenvalue weighted by Crippen LogP contribution is -2.33. The summed E-state index contributed by atoms with van der Waals surface area (Å²) in [4.78, 5) is 20.4. The largest absolute Gasteiger partial charge is 0.352 e. The molecular formula is C21H25ClN4O3S. The van der Waals surface area contributed by atoms with E-state index in [0.717, 1.165) is 16.9 Å². The molecule has 0 spiro atoms. The molecule has 1 heterocycles. The zero-order valence-corrected chi connectivity index (χ0v) is 18.7. The summed E-state index contributed by atoms with van der Waals surface area (Å²) in [6.07, 6.45) is 1.35. The Morgan fingerprint density at radius 3 is 2.67 bits per heavy atom. The van der Waals surface area contributed by atoms with Crippen molar-refractivity contribution in [3.8, 4) is 0 Å². The van der Waals surface area contributed by atoms with E-state index in [1.807, 2.05) is 24.3 Å². The van der Waals surface area contributed by atoms with Crippen LogP contribution in [0, 0.1) is 0 Å². The van der Waals surface area contributed by atoms with Crippen LogP contribution in [-0.2, 0) is 16.4 Å². The summed E-state index contributed by atoms with van der Waals surface area (Å²) < 4.78 is 26.6. The Hall–Kier alpha value is -2.42. The number of aromatic nitrogens is 2. The summed E-state index contributed by atoms with van der Waals surface area (Å²) in [5, 5.41) is 3.01. The van der Waals surface area contributed by atoms with Gasteiger partial charge < -0.3 is 10.3 Å². The van der Waals surface area contributed by atoms with E-state index in [1.54, 1.807) is 13.8 Å². The number of hydrogen-bond acceptors (Lipinski definition) is 4. The number of carbonyl (C=O) groups excluding carboxylic acids is 1. The highest BCUT2D eigenvalue weighted by atomic mass is 35.5. The molecule has 3 rings (SSSR count). The van der Waals surface area contributed by atoms with Crippen molar-refractivity contribution in [3.63, 3.8) is 0 Å². The van der Waals surface area contributed by atoms with Crippen LogP contribution in [0.4, 0.5) is 0 Å². The molecular weight excluding hydrogens is 424 g/mol. The summed E-state index contributed by atoms with van der Waals surface area (Å²) in [5.41, 5.74) is 2.03. The van der Waals surface area contributed by atoms with Crippen molar-refractivity contribution < 1.29 is 13.2 Å². The number of imidazole rings is 1. The first-order valence-electron chi connectivity index (χ1n) is 9.69. The first kappa shape index (κ1) is 22.3. The highest BCUT2D eigenvalue weighted by Gasteiger charge is 2.25. The van der Waals surface area contributed by atoms with Crippen molar-refractivity contribution in [2.24, 2.45) is 0 Å². The van der Waals surface area contributed by atoms with Gasteiger partial charge in [0.25, 0.3) is 5.91 Å². The van der Waals surface area contributed by atoms with Crippen LogP contribution >= 0.6 is 11.6 Å². The van der Waals surface area contributed by atoms with E-state index >= 15 is 0 Å². The number of nitrogens with zero attached hydrogens (tertiary/aromatic N) is 2. The predicted octanol–water partition coefficient (Wildman–Crippen LogP) is 3.61. The molecule has 0 saturated heterocycles. The number of para-hydroxylation sites is 2. The standard InChI is InChI=1S/C21H25ClN4O3S/c1-14(2)26(3)30(28,29)15-10-11-17(22)16(13-15)21(27)23-12-6-9-20-24-18-7-4-5-8-19(18)25-20/h4-5,7-8,10-11,13-14H,6,9,12H2,1-3H3,(H,23,27)(H,24,25). The first-order chi connectivity index (χ1) is 14.2. The van der Waals surface area contributed by atoms with Gasteiger partial charge in [0, 0.05) is 26.1 Å². The highest BCUT2D eigenvalue weighted by Crippen LogP contribution is 2.23. The topological polar surface area (TPSA) is 95.2 Å². The fourth-order valence-electron chi connectivity index (χ4n) is 2.96. The van der Waals surface area contributed by atoms with Crippen LogP contribution in [0.3, 0.4) is 0 Å². The molecule has 0 saturated carbocycles. The monoisotopic (exact) mass is 448 g/mol. The molecule has 1 aromatic heterocycles. The lowest BCUT2D eigenvalue weighted by molar-refractivity contribution is 0.0953. The van der Waals surface area contributed by atoms with Crippen molar-refractivity contribution in [2.75, 3.05) is 13.6 Å². The number of amides is 1. The average Bonchev–Trinajstić information content (AvgIpc) is 3.13. The van der Waals surface area contributed by atoms with Crippen LogP contribution in [0.5, 0.6) is 0 Å². The third-order valence-electron chi connectivity index (χ3n) is 4.90. The number of fused-ring (bicyclic) bond motifs is 1. The first-order valence-corrected chi connectivity index (χ1v) is 11.5. The van der Waals surface area contributed by atoms with Gasteiger partial charge in [-0.05, 0) is 50.6 Å². The molecule has 0 aliphatic rings. The Labute approximate surface area is 181 Å². The maximum Gasteiger partial charge on any atom is 0.252 e. The van der Waals surface area contributed by atoms with E-state index in [-0.39, 0.29) is 21.5 Å². The minimum atomic E-state index is -3.70. The molecule has 0 aliphatic carbocycles. The summed E-state index contributed by atoms with van der Waals surface area (Å²) in [5.74, 6) is 0.446. The van der Waals surface area contributed by atoms with Crippen LogP contribution < -0.4 is 5.32 Å². The fraction of sp³-hybridized carbons (Fsp3) is 0.333. The molecule has 0 bridgehead atoms. The second-order valence-corrected chi connectivity index (χ2v) is 9.72. The number of nitrogens with one attached hydrogen (secondary N) is 2. The summed E-state index contributed by atoms with van der Waals surface area (Å²) >= 11 is 6.15. The van der Waals surface area contributed by atoms with Gasteiger partial charge in [-0.1, -0.05) is 23.7 Å². The zero-order chi connectivity index (χ0) is 21.9. The number of carbonyl (C=O) groups is 1. The Morgan fingerprint density at radius 2 is 1.97 bits per heavy atom. The third kappa shape index (κ3) is 4.83. The van der Waals surface area contributed by atoms with Gasteiger partial charge in [-0.25, -0.2) is 13.4 Å². The highest BCUT2D eigenvalue weighted by molar-refractivity contribution is 7.89. The molecule has 1 amide bonds. The number of benzene rings is 2. The quantitative estimate of drug-likeness (QED) is 0.514.